The van der Waals surface area contributed by atoms with Crippen molar-refractivity contribution < 1.29 is 9.59 Å². The van der Waals surface area contributed by atoms with Crippen LogP contribution < -0.4 is 10.6 Å². The van der Waals surface area contributed by atoms with E-state index in [9.17, 15) is 9.59 Å². The summed E-state index contributed by atoms with van der Waals surface area (Å²) in [4.78, 5) is 59.7. The lowest BCUT2D eigenvalue weighted by molar-refractivity contribution is -0.112. The van der Waals surface area contributed by atoms with Crippen molar-refractivity contribution in [2.75, 3.05) is 10.6 Å². The summed E-state index contributed by atoms with van der Waals surface area (Å²) in [5.74, 6) is 6.14. The molecule has 8 aromatic rings. The number of carbonyl (C=O) groups excluding carboxylic acids is 2. The molecule has 0 fully saturated rings. The molecule has 0 aliphatic heterocycles. The SMILES string of the molecule is CC(C)(C)Cc1cncc(-n2cnc3ccc(NC(=O)/C=C\c4cccnc4)cc32)n1.CC(C)(C)Cc1cncc(-n2cnc3ccc(NC(=O)C#Cc4cccnc4)cc32)n1. The molecule has 2 aromatic carbocycles. The van der Waals surface area contributed by atoms with Crippen LogP contribution in [0.15, 0.2) is 129 Å². The van der Waals surface area contributed by atoms with Crippen LogP contribution in [0.2, 0.25) is 0 Å². The Hall–Kier alpha value is -7.92. The molecule has 0 saturated carbocycles. The maximum absolute atomic E-state index is 12.3. The topological polar surface area (TPSA) is 171 Å². The number of nitrogens with one attached hydrogen (secondary N) is 2. The first-order valence-corrected chi connectivity index (χ1v) is 19.9. The van der Waals surface area contributed by atoms with Gasteiger partial charge in [-0.3, -0.25) is 38.7 Å². The van der Waals surface area contributed by atoms with Gasteiger partial charge in [0.1, 0.15) is 12.7 Å². The highest BCUT2D eigenvalue weighted by Crippen LogP contribution is 2.25. The Morgan fingerprint density at radius 2 is 1.19 bits per heavy atom. The second-order valence-electron chi connectivity index (χ2n) is 16.9. The van der Waals surface area contributed by atoms with Crippen molar-refractivity contribution in [3.63, 3.8) is 0 Å². The molecule has 0 aliphatic carbocycles. The molecule has 8 rings (SSSR count). The van der Waals surface area contributed by atoms with Crippen LogP contribution >= 0.6 is 0 Å². The largest absolute Gasteiger partial charge is 0.322 e. The highest BCUT2D eigenvalue weighted by molar-refractivity contribution is 6.05. The molecular weight excluding hydrogens is 777 g/mol. The molecule has 0 atom stereocenters. The predicted molar refractivity (Wildman–Crippen MR) is 241 cm³/mol. The maximum atomic E-state index is 12.3. The number of rotatable bonds is 8. The minimum Gasteiger partial charge on any atom is -0.322 e. The summed E-state index contributed by atoms with van der Waals surface area (Å²) in [5, 5.41) is 5.70. The van der Waals surface area contributed by atoms with E-state index >= 15 is 0 Å². The molecule has 0 aliphatic rings. The molecule has 14 heteroatoms. The van der Waals surface area contributed by atoms with Gasteiger partial charge in [-0.25, -0.2) is 19.9 Å². The van der Waals surface area contributed by atoms with Crippen molar-refractivity contribution in [2.24, 2.45) is 10.8 Å². The predicted octanol–water partition coefficient (Wildman–Crippen LogP) is 8.24. The molecule has 0 spiro atoms. The minimum atomic E-state index is -0.402. The van der Waals surface area contributed by atoms with Crippen molar-refractivity contribution in [1.29, 1.82) is 0 Å². The van der Waals surface area contributed by atoms with Crippen molar-refractivity contribution >= 4 is 51.3 Å². The second-order valence-corrected chi connectivity index (χ2v) is 16.9. The van der Waals surface area contributed by atoms with E-state index in [2.05, 4.69) is 93.9 Å². The molecule has 0 bridgehead atoms. The molecule has 0 unspecified atom stereocenters. The lowest BCUT2D eigenvalue weighted by atomic mass is 9.91. The van der Waals surface area contributed by atoms with Crippen LogP contribution in [-0.4, -0.2) is 60.8 Å². The number of nitrogens with zero attached hydrogens (tertiary/aromatic N) is 10. The zero-order chi connectivity index (χ0) is 43.7. The average Bonchev–Trinajstić information content (AvgIpc) is 3.86. The minimum absolute atomic E-state index is 0.110. The van der Waals surface area contributed by atoms with Gasteiger partial charge in [-0.15, -0.1) is 0 Å². The Labute approximate surface area is 359 Å². The number of pyridine rings is 2. The zero-order valence-electron chi connectivity index (χ0n) is 35.4. The van der Waals surface area contributed by atoms with Gasteiger partial charge >= 0.3 is 5.91 Å². The van der Waals surface area contributed by atoms with Gasteiger partial charge in [0.15, 0.2) is 11.6 Å². The summed E-state index contributed by atoms with van der Waals surface area (Å²) >= 11 is 0. The van der Waals surface area contributed by atoms with Gasteiger partial charge in [0.25, 0.3) is 0 Å². The zero-order valence-corrected chi connectivity index (χ0v) is 35.4. The number of amides is 2. The molecule has 62 heavy (non-hydrogen) atoms. The quantitative estimate of drug-likeness (QED) is 0.112. The number of aromatic nitrogens is 10. The Bertz CT molecular complexity index is 2930. The van der Waals surface area contributed by atoms with Crippen LogP contribution in [0.5, 0.6) is 0 Å². The highest BCUT2D eigenvalue weighted by atomic mass is 16.2. The number of anilines is 2. The molecule has 6 heterocycles. The van der Waals surface area contributed by atoms with E-state index in [1.807, 2.05) is 51.6 Å². The van der Waals surface area contributed by atoms with E-state index in [4.69, 9.17) is 9.97 Å². The number of hydrogen-bond acceptors (Lipinski definition) is 10. The maximum Gasteiger partial charge on any atom is 0.300 e. The van der Waals surface area contributed by atoms with E-state index < -0.39 is 5.91 Å². The number of imidazole rings is 2. The fourth-order valence-electron chi connectivity index (χ4n) is 6.37. The molecule has 2 N–H and O–H groups in total. The van der Waals surface area contributed by atoms with Crippen molar-refractivity contribution in [3.8, 4) is 23.5 Å². The number of fused-ring (bicyclic) bond motifs is 2. The smallest absolute Gasteiger partial charge is 0.300 e. The van der Waals surface area contributed by atoms with Crippen LogP contribution in [0, 0.1) is 22.7 Å². The van der Waals surface area contributed by atoms with Gasteiger partial charge < -0.3 is 10.6 Å². The molecule has 310 valence electrons. The van der Waals surface area contributed by atoms with Gasteiger partial charge in [0.05, 0.1) is 45.8 Å². The summed E-state index contributed by atoms with van der Waals surface area (Å²) in [6.45, 7) is 13.0. The first-order valence-electron chi connectivity index (χ1n) is 19.9. The third-order valence-corrected chi connectivity index (χ3v) is 8.97. The molecule has 0 radical (unpaired) electrons. The fourth-order valence-corrected chi connectivity index (χ4v) is 6.37. The van der Waals surface area contributed by atoms with E-state index in [1.54, 1.807) is 86.5 Å². The van der Waals surface area contributed by atoms with Gasteiger partial charge in [0, 0.05) is 66.1 Å². The number of hydrogen-bond donors (Lipinski definition) is 2. The van der Waals surface area contributed by atoms with Crippen LogP contribution in [0.3, 0.4) is 0 Å². The van der Waals surface area contributed by atoms with E-state index in [1.165, 1.54) is 6.08 Å². The second kappa shape index (κ2) is 18.6. The van der Waals surface area contributed by atoms with Crippen LogP contribution in [0.25, 0.3) is 39.8 Å². The lowest BCUT2D eigenvalue weighted by Crippen LogP contribution is -2.12. The van der Waals surface area contributed by atoms with E-state index in [0.29, 0.717) is 28.6 Å². The van der Waals surface area contributed by atoms with Crippen LogP contribution in [0.4, 0.5) is 11.4 Å². The molecule has 2 amide bonds. The summed E-state index contributed by atoms with van der Waals surface area (Å²) in [6, 6.07) is 18.4. The normalized spacial score (nSPS) is 11.5. The Kier molecular flexibility index (Phi) is 12.6. The van der Waals surface area contributed by atoms with E-state index in [-0.39, 0.29) is 16.7 Å². The van der Waals surface area contributed by atoms with Crippen molar-refractivity contribution in [2.45, 2.75) is 54.4 Å². The van der Waals surface area contributed by atoms with Crippen molar-refractivity contribution in [3.05, 3.63) is 151 Å². The molecule has 0 saturated heterocycles. The van der Waals surface area contributed by atoms with Gasteiger partial charge in [0.2, 0.25) is 5.91 Å². The first-order chi connectivity index (χ1) is 29.7. The lowest BCUT2D eigenvalue weighted by Gasteiger charge is -2.17. The van der Waals surface area contributed by atoms with Gasteiger partial charge in [-0.1, -0.05) is 53.5 Å². The van der Waals surface area contributed by atoms with Crippen LogP contribution in [-0.2, 0) is 22.4 Å². The first kappa shape index (κ1) is 42.2. The summed E-state index contributed by atoms with van der Waals surface area (Å²) in [6.07, 6.45) is 22.0. The summed E-state index contributed by atoms with van der Waals surface area (Å²) in [7, 11) is 0. The average molecular weight is 823 g/mol. The van der Waals surface area contributed by atoms with Gasteiger partial charge in [-0.2, -0.15) is 0 Å². The number of benzene rings is 2. The summed E-state index contributed by atoms with van der Waals surface area (Å²) < 4.78 is 3.75. The molecule has 14 nitrogen and oxygen atoms in total. The molecular formula is C48H46N12O2. The molecule has 6 aromatic heterocycles. The number of carbonyl (C=O) groups is 2. The Morgan fingerprint density at radius 3 is 1.71 bits per heavy atom. The third kappa shape index (κ3) is 11.6. The van der Waals surface area contributed by atoms with Gasteiger partial charge in [-0.05, 0) is 89.9 Å². The van der Waals surface area contributed by atoms with Crippen LogP contribution in [0.1, 0.15) is 64.1 Å². The Balaban J connectivity index is 0.000000186. The highest BCUT2D eigenvalue weighted by Gasteiger charge is 2.16. The fraction of sp³-hybridized carbons (Fsp3) is 0.208. The Morgan fingerprint density at radius 1 is 0.645 bits per heavy atom. The standard InChI is InChI=1S/C24H24N6O.C24H22N6O/c2*1-24(2,3)12-19-14-26-15-22(28-19)30-16-27-20-8-7-18(11-21(20)30)29-23(31)9-6-17-5-4-10-25-13-17/h4-11,13-16H,12H2,1-3H3,(H,29,31);4-5,7-8,10-11,13-16H,12H2,1-3H3,(H,29,31)/b9-6-;. The van der Waals surface area contributed by atoms with E-state index in [0.717, 1.165) is 51.9 Å². The van der Waals surface area contributed by atoms with Crippen molar-refractivity contribution in [1.82, 2.24) is 49.0 Å². The summed E-state index contributed by atoms with van der Waals surface area (Å²) in [5.41, 5.74) is 8.18. The monoisotopic (exact) mass is 822 g/mol. The third-order valence-electron chi connectivity index (χ3n) is 8.97.